The first-order valence-electron chi connectivity index (χ1n) is 6.13. The summed E-state index contributed by atoms with van der Waals surface area (Å²) >= 11 is 3.44. The highest BCUT2D eigenvalue weighted by molar-refractivity contribution is 7.99. The van der Waals surface area contributed by atoms with Crippen molar-refractivity contribution in [1.82, 2.24) is 9.97 Å². The Labute approximate surface area is 120 Å². The van der Waals surface area contributed by atoms with E-state index in [9.17, 15) is 0 Å². The van der Waals surface area contributed by atoms with Gasteiger partial charge in [0.15, 0.2) is 5.16 Å². The van der Waals surface area contributed by atoms with Gasteiger partial charge in [-0.1, -0.05) is 23.9 Å². The Kier molecular flexibility index (Phi) is 3.59. The molecule has 0 amide bonds. The second kappa shape index (κ2) is 5.36. The molecule has 0 fully saturated rings. The Morgan fingerprint density at radius 2 is 2.32 bits per heavy atom. The van der Waals surface area contributed by atoms with Crippen molar-refractivity contribution in [2.45, 2.75) is 17.3 Å². The zero-order valence-electron chi connectivity index (χ0n) is 10.6. The molecule has 5 heteroatoms. The molecule has 0 aliphatic rings. The van der Waals surface area contributed by atoms with E-state index in [-0.39, 0.29) is 5.25 Å². The number of thiophene rings is 1. The summed E-state index contributed by atoms with van der Waals surface area (Å²) < 4.78 is 0. The molecular formula is C14H15N3S2. The summed E-state index contributed by atoms with van der Waals surface area (Å²) in [5.41, 5.74) is 9.21. The molecule has 1 aromatic carbocycles. The molecule has 3 rings (SSSR count). The molecule has 0 saturated heterocycles. The first kappa shape index (κ1) is 12.7. The molecule has 0 saturated carbocycles. The first-order valence-corrected chi connectivity index (χ1v) is 7.88. The number of aromatic amines is 1. The van der Waals surface area contributed by atoms with Gasteiger partial charge in [0.25, 0.3) is 0 Å². The highest BCUT2D eigenvalue weighted by atomic mass is 32.2. The van der Waals surface area contributed by atoms with Crippen LogP contribution in [0, 0.1) is 6.92 Å². The van der Waals surface area contributed by atoms with Crippen LogP contribution >= 0.6 is 23.1 Å². The van der Waals surface area contributed by atoms with Gasteiger partial charge >= 0.3 is 0 Å². The van der Waals surface area contributed by atoms with Gasteiger partial charge < -0.3 is 10.7 Å². The summed E-state index contributed by atoms with van der Waals surface area (Å²) in [5, 5.41) is 3.28. The van der Waals surface area contributed by atoms with Crippen molar-refractivity contribution < 1.29 is 0 Å². The number of hydrogen-bond donors (Lipinski definition) is 2. The molecule has 1 atom stereocenters. The largest absolute Gasteiger partial charge is 0.333 e. The normalized spacial score (nSPS) is 12.9. The van der Waals surface area contributed by atoms with Crippen molar-refractivity contribution in [2.24, 2.45) is 5.73 Å². The van der Waals surface area contributed by atoms with Crippen LogP contribution < -0.4 is 5.73 Å². The molecule has 0 aliphatic heterocycles. The molecule has 2 heterocycles. The quantitative estimate of drug-likeness (QED) is 0.720. The lowest BCUT2D eigenvalue weighted by atomic mass is 10.2. The van der Waals surface area contributed by atoms with Crippen LogP contribution in [0.5, 0.6) is 0 Å². The molecule has 1 unspecified atom stereocenters. The Bertz CT molecular complexity index is 673. The van der Waals surface area contributed by atoms with Crippen LogP contribution in [0.25, 0.3) is 11.0 Å². The summed E-state index contributed by atoms with van der Waals surface area (Å²) in [6.45, 7) is 2.70. The number of aromatic nitrogens is 2. The number of nitrogens with two attached hydrogens (primary N) is 1. The standard InChI is InChI=1S/C14H15N3S2/c1-9-4-5-10-11(7-9)17-14(16-10)19-13(8-15)12-3-2-6-18-12/h2-7,13H,8,15H2,1H3,(H,16,17). The first-order chi connectivity index (χ1) is 9.26. The average Bonchev–Trinajstić information content (AvgIpc) is 3.04. The summed E-state index contributed by atoms with van der Waals surface area (Å²) in [6, 6.07) is 10.4. The van der Waals surface area contributed by atoms with Crippen molar-refractivity contribution in [1.29, 1.82) is 0 Å². The SMILES string of the molecule is Cc1ccc2nc(SC(CN)c3cccs3)[nH]c2c1. The molecule has 0 bridgehead atoms. The van der Waals surface area contributed by atoms with Crippen LogP contribution in [0.1, 0.15) is 15.7 Å². The zero-order valence-corrected chi connectivity index (χ0v) is 12.2. The van der Waals surface area contributed by atoms with Crippen molar-refractivity contribution in [3.63, 3.8) is 0 Å². The molecule has 98 valence electrons. The van der Waals surface area contributed by atoms with Crippen LogP contribution in [0.15, 0.2) is 40.9 Å². The molecule has 0 aliphatic carbocycles. The minimum absolute atomic E-state index is 0.265. The summed E-state index contributed by atoms with van der Waals surface area (Å²) in [7, 11) is 0. The number of imidazole rings is 1. The maximum absolute atomic E-state index is 5.87. The summed E-state index contributed by atoms with van der Waals surface area (Å²) in [5.74, 6) is 0. The highest BCUT2D eigenvalue weighted by Gasteiger charge is 2.14. The van der Waals surface area contributed by atoms with Crippen molar-refractivity contribution in [3.8, 4) is 0 Å². The van der Waals surface area contributed by atoms with Gasteiger partial charge in [-0.25, -0.2) is 4.98 Å². The number of fused-ring (bicyclic) bond motifs is 1. The van der Waals surface area contributed by atoms with Gasteiger partial charge in [-0.05, 0) is 36.1 Å². The van der Waals surface area contributed by atoms with E-state index in [0.717, 1.165) is 16.2 Å². The lowest BCUT2D eigenvalue weighted by Crippen LogP contribution is -2.08. The predicted octanol–water partition coefficient (Wildman–Crippen LogP) is 3.72. The van der Waals surface area contributed by atoms with Gasteiger partial charge in [-0.15, -0.1) is 11.3 Å². The van der Waals surface area contributed by atoms with Crippen molar-refractivity contribution in [2.75, 3.05) is 6.54 Å². The molecule has 3 aromatic rings. The molecule has 3 nitrogen and oxygen atoms in total. The lowest BCUT2D eigenvalue weighted by Gasteiger charge is -2.09. The van der Waals surface area contributed by atoms with Crippen LogP contribution in [0.3, 0.4) is 0 Å². The minimum atomic E-state index is 0.265. The fraction of sp³-hybridized carbons (Fsp3) is 0.214. The Morgan fingerprint density at radius 1 is 1.42 bits per heavy atom. The van der Waals surface area contributed by atoms with E-state index in [1.807, 2.05) is 6.07 Å². The molecule has 2 aromatic heterocycles. The number of rotatable bonds is 4. The van der Waals surface area contributed by atoms with E-state index in [4.69, 9.17) is 5.73 Å². The fourth-order valence-corrected chi connectivity index (χ4v) is 3.90. The van der Waals surface area contributed by atoms with Gasteiger partial charge in [0, 0.05) is 11.4 Å². The van der Waals surface area contributed by atoms with Gasteiger partial charge in [-0.2, -0.15) is 0 Å². The maximum atomic E-state index is 5.87. The third-order valence-corrected chi connectivity index (χ3v) is 5.23. The Hall–Kier alpha value is -1.30. The fourth-order valence-electron chi connectivity index (χ4n) is 1.99. The third-order valence-electron chi connectivity index (χ3n) is 2.94. The van der Waals surface area contributed by atoms with Gasteiger partial charge in [0.1, 0.15) is 0 Å². The molecule has 0 spiro atoms. The summed E-state index contributed by atoms with van der Waals surface area (Å²) in [4.78, 5) is 9.27. The molecular weight excluding hydrogens is 274 g/mol. The van der Waals surface area contributed by atoms with E-state index in [2.05, 4.69) is 46.5 Å². The number of hydrogen-bond acceptors (Lipinski definition) is 4. The van der Waals surface area contributed by atoms with E-state index in [1.54, 1.807) is 23.1 Å². The van der Waals surface area contributed by atoms with Crippen LogP contribution in [-0.2, 0) is 0 Å². The zero-order chi connectivity index (χ0) is 13.2. The monoisotopic (exact) mass is 289 g/mol. The molecule has 19 heavy (non-hydrogen) atoms. The highest BCUT2D eigenvalue weighted by Crippen LogP contribution is 2.35. The van der Waals surface area contributed by atoms with Crippen LogP contribution in [0.2, 0.25) is 0 Å². The third kappa shape index (κ3) is 2.68. The summed E-state index contributed by atoms with van der Waals surface area (Å²) in [6.07, 6.45) is 0. The topological polar surface area (TPSA) is 54.7 Å². The van der Waals surface area contributed by atoms with E-state index < -0.39 is 0 Å². The number of aryl methyl sites for hydroxylation is 1. The number of benzene rings is 1. The maximum Gasteiger partial charge on any atom is 0.167 e. The van der Waals surface area contributed by atoms with Crippen molar-refractivity contribution >= 4 is 34.1 Å². The average molecular weight is 289 g/mol. The van der Waals surface area contributed by atoms with Gasteiger partial charge in [0.05, 0.1) is 16.3 Å². The number of nitrogens with zero attached hydrogens (tertiary/aromatic N) is 1. The molecule has 0 radical (unpaired) electrons. The van der Waals surface area contributed by atoms with Gasteiger partial charge in [0.2, 0.25) is 0 Å². The number of H-pyrrole nitrogens is 1. The van der Waals surface area contributed by atoms with E-state index in [0.29, 0.717) is 6.54 Å². The second-order valence-electron chi connectivity index (χ2n) is 4.42. The smallest absolute Gasteiger partial charge is 0.167 e. The Balaban J connectivity index is 1.88. The number of nitrogens with one attached hydrogen (secondary N) is 1. The van der Waals surface area contributed by atoms with Crippen LogP contribution in [0.4, 0.5) is 0 Å². The number of thioether (sulfide) groups is 1. The van der Waals surface area contributed by atoms with Gasteiger partial charge in [-0.3, -0.25) is 0 Å². The Morgan fingerprint density at radius 3 is 3.05 bits per heavy atom. The van der Waals surface area contributed by atoms with E-state index in [1.165, 1.54) is 10.4 Å². The van der Waals surface area contributed by atoms with Crippen LogP contribution in [-0.4, -0.2) is 16.5 Å². The lowest BCUT2D eigenvalue weighted by molar-refractivity contribution is 0.946. The van der Waals surface area contributed by atoms with E-state index >= 15 is 0 Å². The minimum Gasteiger partial charge on any atom is -0.333 e. The predicted molar refractivity (Wildman–Crippen MR) is 82.8 cm³/mol. The molecule has 3 N–H and O–H groups in total. The van der Waals surface area contributed by atoms with Crippen molar-refractivity contribution in [3.05, 3.63) is 46.2 Å². The second-order valence-corrected chi connectivity index (χ2v) is 6.59.